The normalized spacial score (nSPS) is 34.5. The van der Waals surface area contributed by atoms with Crippen molar-refractivity contribution in [3.8, 4) is 5.75 Å². The van der Waals surface area contributed by atoms with Gasteiger partial charge in [-0.25, -0.2) is 9.18 Å². The van der Waals surface area contributed by atoms with E-state index in [1.165, 1.54) is 37.5 Å². The monoisotopic (exact) mass is 429 g/mol. The van der Waals surface area contributed by atoms with E-state index in [0.717, 1.165) is 31.8 Å². The number of hydrogen-bond donors (Lipinski definition) is 0. The predicted molar refractivity (Wildman–Crippen MR) is 115 cm³/mol. The molecule has 0 radical (unpaired) electrons. The van der Waals surface area contributed by atoms with Crippen LogP contribution in [-0.2, 0) is 9.47 Å². The van der Waals surface area contributed by atoms with E-state index in [4.69, 9.17) is 14.2 Å². The van der Waals surface area contributed by atoms with E-state index in [2.05, 4.69) is 11.5 Å². The number of esters is 1. The Morgan fingerprint density at radius 3 is 2.90 bits per heavy atom. The van der Waals surface area contributed by atoms with Gasteiger partial charge in [-0.05, 0) is 67.7 Å². The van der Waals surface area contributed by atoms with Crippen LogP contribution in [0.3, 0.4) is 0 Å². The highest BCUT2D eigenvalue weighted by molar-refractivity contribution is 5.89. The van der Waals surface area contributed by atoms with Crippen LogP contribution in [0.5, 0.6) is 5.75 Å². The Bertz CT molecular complexity index is 839. The lowest BCUT2D eigenvalue weighted by Crippen LogP contribution is -2.44. The van der Waals surface area contributed by atoms with Crippen LogP contribution in [0.1, 0.15) is 42.5 Å². The van der Waals surface area contributed by atoms with E-state index in [9.17, 15) is 9.18 Å². The first-order valence-corrected chi connectivity index (χ1v) is 11.7. The van der Waals surface area contributed by atoms with Gasteiger partial charge < -0.3 is 14.2 Å². The summed E-state index contributed by atoms with van der Waals surface area (Å²) in [7, 11) is 0. The maximum absolute atomic E-state index is 14.7. The maximum Gasteiger partial charge on any atom is 0.338 e. The zero-order chi connectivity index (χ0) is 21.4. The molecule has 5 unspecified atom stereocenters. The lowest BCUT2D eigenvalue weighted by molar-refractivity contribution is 0.0145. The third-order valence-electron chi connectivity index (χ3n) is 8.07. The summed E-state index contributed by atoms with van der Waals surface area (Å²) < 4.78 is 31.8. The molecule has 1 saturated heterocycles. The Kier molecular flexibility index (Phi) is 5.78. The van der Waals surface area contributed by atoms with E-state index < -0.39 is 17.4 Å². The van der Waals surface area contributed by atoms with E-state index in [-0.39, 0.29) is 5.75 Å². The minimum Gasteiger partial charge on any atom is -0.480 e. The second-order valence-corrected chi connectivity index (χ2v) is 9.56. The van der Waals surface area contributed by atoms with Crippen molar-refractivity contribution < 1.29 is 23.4 Å². The largest absolute Gasteiger partial charge is 0.480 e. The molecule has 3 aliphatic carbocycles. The quantitative estimate of drug-likeness (QED) is 0.483. The van der Waals surface area contributed by atoms with Gasteiger partial charge in [0.05, 0.1) is 18.8 Å². The SMILES string of the molecule is C=CC1(Oc2cc(C(=O)OCCN3CCOCC3)ccc2F)CC2CC1C1CCCC21. The summed E-state index contributed by atoms with van der Waals surface area (Å²) >= 11 is 0. The molecule has 1 aromatic carbocycles. The number of ether oxygens (including phenoxy) is 3. The van der Waals surface area contributed by atoms with Gasteiger partial charge in [-0.1, -0.05) is 13.0 Å². The number of morpholine rings is 1. The second kappa shape index (κ2) is 8.55. The van der Waals surface area contributed by atoms with Gasteiger partial charge in [-0.2, -0.15) is 0 Å². The van der Waals surface area contributed by atoms with Gasteiger partial charge in [0, 0.05) is 25.6 Å². The molecule has 31 heavy (non-hydrogen) atoms. The fourth-order valence-electron chi connectivity index (χ4n) is 6.62. The summed E-state index contributed by atoms with van der Waals surface area (Å²) in [5, 5.41) is 0. The van der Waals surface area contributed by atoms with E-state index in [1.54, 1.807) is 0 Å². The van der Waals surface area contributed by atoms with Crippen molar-refractivity contribution in [2.45, 2.75) is 37.7 Å². The summed E-state index contributed by atoms with van der Waals surface area (Å²) in [6, 6.07) is 4.26. The van der Waals surface area contributed by atoms with Gasteiger partial charge in [-0.15, -0.1) is 0 Å². The third-order valence-corrected chi connectivity index (χ3v) is 8.07. The first-order chi connectivity index (χ1) is 15.1. The Labute approximate surface area is 183 Å². The van der Waals surface area contributed by atoms with Crippen molar-refractivity contribution in [2.24, 2.45) is 23.7 Å². The molecule has 2 bridgehead atoms. The highest BCUT2D eigenvalue weighted by atomic mass is 19.1. The lowest BCUT2D eigenvalue weighted by atomic mass is 9.73. The molecule has 4 aliphatic rings. The molecule has 0 amide bonds. The van der Waals surface area contributed by atoms with Crippen molar-refractivity contribution in [2.75, 3.05) is 39.5 Å². The van der Waals surface area contributed by atoms with E-state index >= 15 is 0 Å². The van der Waals surface area contributed by atoms with Crippen molar-refractivity contribution in [1.82, 2.24) is 4.90 Å². The average molecular weight is 430 g/mol. The lowest BCUT2D eigenvalue weighted by Gasteiger charge is -2.41. The molecule has 0 N–H and O–H groups in total. The van der Waals surface area contributed by atoms with E-state index in [1.807, 2.05) is 6.08 Å². The summed E-state index contributed by atoms with van der Waals surface area (Å²) in [6.07, 6.45) is 7.78. The molecule has 5 atom stereocenters. The molecule has 0 spiro atoms. The van der Waals surface area contributed by atoms with Crippen LogP contribution in [0, 0.1) is 29.5 Å². The fraction of sp³-hybridized carbons (Fsp3) is 0.640. The highest BCUT2D eigenvalue weighted by Crippen LogP contribution is 2.63. The number of carbonyl (C=O) groups is 1. The molecular weight excluding hydrogens is 397 g/mol. The average Bonchev–Trinajstić information content (AvgIpc) is 3.49. The van der Waals surface area contributed by atoms with Gasteiger partial charge in [-0.3, -0.25) is 4.90 Å². The minimum absolute atomic E-state index is 0.129. The van der Waals surface area contributed by atoms with Gasteiger partial charge in [0.1, 0.15) is 12.2 Å². The Hall–Kier alpha value is -1.92. The van der Waals surface area contributed by atoms with Crippen LogP contribution < -0.4 is 4.74 Å². The zero-order valence-electron chi connectivity index (χ0n) is 18.1. The second-order valence-electron chi connectivity index (χ2n) is 9.56. The molecule has 4 fully saturated rings. The van der Waals surface area contributed by atoms with Crippen LogP contribution in [-0.4, -0.2) is 55.9 Å². The number of nitrogens with zero attached hydrogens (tertiary/aromatic N) is 1. The number of fused-ring (bicyclic) bond motifs is 5. The van der Waals surface area contributed by atoms with Crippen molar-refractivity contribution in [3.63, 3.8) is 0 Å². The first kappa shape index (κ1) is 21.0. The number of rotatable bonds is 7. The van der Waals surface area contributed by atoms with Crippen molar-refractivity contribution >= 4 is 5.97 Å². The Balaban J connectivity index is 1.25. The number of hydrogen-bond acceptors (Lipinski definition) is 5. The molecule has 6 heteroatoms. The van der Waals surface area contributed by atoms with E-state index in [0.29, 0.717) is 49.7 Å². The third kappa shape index (κ3) is 3.89. The summed E-state index contributed by atoms with van der Waals surface area (Å²) in [6.45, 7) is 8.15. The maximum atomic E-state index is 14.7. The molecule has 1 aromatic rings. The molecule has 1 heterocycles. The zero-order valence-corrected chi connectivity index (χ0v) is 18.1. The van der Waals surface area contributed by atoms with Crippen LogP contribution >= 0.6 is 0 Å². The molecule has 0 aromatic heterocycles. The standard InChI is InChI=1S/C25H32FNO4/c1-2-25(16-18-14-21(25)20-5-3-4-19(18)20)31-23-15-17(6-7-22(23)26)24(28)30-13-10-27-8-11-29-12-9-27/h2,6-7,15,18-21H,1,3-5,8-14,16H2. The van der Waals surface area contributed by atoms with Crippen LogP contribution in [0.4, 0.5) is 4.39 Å². The highest BCUT2D eigenvalue weighted by Gasteiger charge is 2.61. The first-order valence-electron chi connectivity index (χ1n) is 11.7. The summed E-state index contributed by atoms with van der Waals surface area (Å²) in [5.74, 6) is 1.74. The predicted octanol–water partition coefficient (Wildman–Crippen LogP) is 4.07. The van der Waals surface area contributed by atoms with Crippen molar-refractivity contribution in [3.05, 3.63) is 42.2 Å². The summed E-state index contributed by atoms with van der Waals surface area (Å²) in [5.41, 5.74) is -0.213. The molecular formula is C25H32FNO4. The molecule has 5 nitrogen and oxygen atoms in total. The van der Waals surface area contributed by atoms with Crippen molar-refractivity contribution in [1.29, 1.82) is 0 Å². The molecule has 3 saturated carbocycles. The summed E-state index contributed by atoms with van der Waals surface area (Å²) in [4.78, 5) is 14.8. The Morgan fingerprint density at radius 1 is 1.29 bits per heavy atom. The Morgan fingerprint density at radius 2 is 2.10 bits per heavy atom. The number of halogens is 1. The van der Waals surface area contributed by atoms with Crippen LogP contribution in [0.15, 0.2) is 30.9 Å². The van der Waals surface area contributed by atoms with Gasteiger partial charge >= 0.3 is 5.97 Å². The smallest absolute Gasteiger partial charge is 0.338 e. The van der Waals surface area contributed by atoms with Gasteiger partial charge in [0.25, 0.3) is 0 Å². The number of carbonyl (C=O) groups excluding carboxylic acids is 1. The van der Waals surface area contributed by atoms with Gasteiger partial charge in [0.15, 0.2) is 11.6 Å². The topological polar surface area (TPSA) is 48.0 Å². The number of benzene rings is 1. The minimum atomic E-state index is -0.532. The van der Waals surface area contributed by atoms with Crippen LogP contribution in [0.2, 0.25) is 0 Å². The molecule has 168 valence electrons. The van der Waals surface area contributed by atoms with Crippen LogP contribution in [0.25, 0.3) is 0 Å². The fourth-order valence-corrected chi connectivity index (χ4v) is 6.62. The van der Waals surface area contributed by atoms with Gasteiger partial charge in [0.2, 0.25) is 0 Å². The molecule has 5 rings (SSSR count). The molecule has 1 aliphatic heterocycles.